The first-order chi connectivity index (χ1) is 4.47. The van der Waals surface area contributed by atoms with Gasteiger partial charge in [0.1, 0.15) is 0 Å². The zero-order valence-electron chi connectivity index (χ0n) is 5.13. The van der Waals surface area contributed by atoms with Gasteiger partial charge in [-0.2, -0.15) is 0 Å². The number of fused-ring (bicyclic) bond motifs is 1. The topological polar surface area (TPSA) is 0 Å². The van der Waals surface area contributed by atoms with Crippen LogP contribution >= 0.6 is 11.5 Å². The molecule has 0 atom stereocenters. The fourth-order valence-electron chi connectivity index (χ4n) is 1.11. The highest BCUT2D eigenvalue weighted by Gasteiger charge is 2.10. The molecule has 0 saturated heterocycles. The molecule has 0 spiro atoms. The average Bonchev–Trinajstić information content (AvgIpc) is 2.33. The Bertz CT molecular complexity index is 201. The van der Waals surface area contributed by atoms with Crippen LogP contribution in [0.25, 0.3) is 0 Å². The van der Waals surface area contributed by atoms with E-state index in [0.717, 1.165) is 0 Å². The van der Waals surface area contributed by atoms with Gasteiger partial charge in [-0.15, -0.1) is 0 Å². The molecule has 3 heteroatoms. The maximum Gasteiger partial charge on any atom is 0.210 e. The summed E-state index contributed by atoms with van der Waals surface area (Å²) in [5.74, 6) is 0. The molecule has 0 unspecified atom stereocenters. The van der Waals surface area contributed by atoms with E-state index in [1.165, 1.54) is 24.0 Å². The molecule has 0 bridgehead atoms. The Balaban J connectivity index is 2.54. The van der Waals surface area contributed by atoms with Crippen LogP contribution in [-0.4, -0.2) is 13.1 Å². The lowest BCUT2D eigenvalue weighted by molar-refractivity contribution is 1.83. The molecule has 1 aliphatic rings. The van der Waals surface area contributed by atoms with Crippen LogP contribution in [0.4, 0.5) is 0 Å². The molecule has 1 aromatic rings. The molecule has 0 aromatic heterocycles. The fourth-order valence-corrected chi connectivity index (χ4v) is 2.22. The van der Waals surface area contributed by atoms with Crippen molar-refractivity contribution in [3.63, 3.8) is 0 Å². The molecule has 0 radical (unpaired) electrons. The number of benzene rings is 1. The lowest BCUT2D eigenvalue weighted by Gasteiger charge is -1.92. The maximum absolute atomic E-state index is 2.22. The molecule has 0 aliphatic carbocycles. The Morgan fingerprint density at radius 3 is 2.11 bits per heavy atom. The van der Waals surface area contributed by atoms with Crippen LogP contribution < -0.4 is 10.9 Å². The predicted molar refractivity (Wildman–Crippen MR) is 47.6 cm³/mol. The third-order valence-corrected chi connectivity index (χ3v) is 2.66. The average molecular weight is 132 g/mol. The van der Waals surface area contributed by atoms with Gasteiger partial charge in [-0.3, -0.25) is 11.5 Å². The van der Waals surface area contributed by atoms with E-state index >= 15 is 0 Å². The predicted octanol–water partition coefficient (Wildman–Crippen LogP) is -0.613. The first-order valence-corrected chi connectivity index (χ1v) is 4.27. The molecule has 0 N–H and O–H groups in total. The van der Waals surface area contributed by atoms with Crippen LogP contribution in [0, 0.1) is 0 Å². The van der Waals surface area contributed by atoms with E-state index in [2.05, 4.69) is 24.3 Å². The summed E-state index contributed by atoms with van der Waals surface area (Å²) in [6.45, 7) is 2.44. The second kappa shape index (κ2) is 2.14. The van der Waals surface area contributed by atoms with Gasteiger partial charge in [-0.1, -0.05) is 35.2 Å². The quantitative estimate of drug-likeness (QED) is 0.424. The highest BCUT2D eigenvalue weighted by molar-refractivity contribution is 8.43. The monoisotopic (exact) mass is 132 g/mol. The van der Waals surface area contributed by atoms with Crippen molar-refractivity contribution in [3.05, 3.63) is 24.3 Å². The normalized spacial score (nSPS) is 13.8. The molecule has 0 nitrogen and oxygen atoms in total. The van der Waals surface area contributed by atoms with Crippen LogP contribution in [0.2, 0.25) is 0 Å². The zero-order chi connectivity index (χ0) is 6.10. The minimum atomic E-state index is 1.22. The van der Waals surface area contributed by atoms with Crippen LogP contribution in [0.5, 0.6) is 0 Å². The summed E-state index contributed by atoms with van der Waals surface area (Å²) in [7, 11) is 0. The molecule has 0 fully saturated rings. The van der Waals surface area contributed by atoms with E-state index in [9.17, 15) is 0 Å². The van der Waals surface area contributed by atoms with Gasteiger partial charge in [0, 0.05) is 0 Å². The van der Waals surface area contributed by atoms with Gasteiger partial charge < -0.3 is 0 Å². The van der Waals surface area contributed by atoms with Gasteiger partial charge in [-0.05, 0) is 0 Å². The van der Waals surface area contributed by atoms with Gasteiger partial charge in [0.15, 0.2) is 0 Å². The molecular weight excluding hydrogens is 126 g/mol. The van der Waals surface area contributed by atoms with Crippen molar-refractivity contribution in [2.24, 2.45) is 0 Å². The van der Waals surface area contributed by atoms with Crippen LogP contribution in [0.1, 0.15) is 0 Å². The first-order valence-electron chi connectivity index (χ1n) is 3.11. The summed E-state index contributed by atoms with van der Waals surface area (Å²) in [4.78, 5) is 0. The van der Waals surface area contributed by atoms with Crippen molar-refractivity contribution in [2.45, 2.75) is 0 Å². The molecule has 0 saturated carbocycles. The Morgan fingerprint density at radius 1 is 1.00 bits per heavy atom. The third-order valence-electron chi connectivity index (χ3n) is 1.63. The van der Waals surface area contributed by atoms with Gasteiger partial charge in [0.25, 0.3) is 0 Å². The first kappa shape index (κ1) is 5.48. The lowest BCUT2D eigenvalue weighted by atomic mass is 9.81. The molecule has 2 rings (SSSR count). The van der Waals surface area contributed by atoms with E-state index in [1.54, 1.807) is 0 Å². The smallest absolute Gasteiger partial charge is 0.210 e. The van der Waals surface area contributed by atoms with Crippen molar-refractivity contribution in [3.8, 4) is 0 Å². The van der Waals surface area contributed by atoms with E-state index in [1.807, 2.05) is 11.5 Å². The molecule has 42 valence electrons. The summed E-state index contributed by atoms with van der Waals surface area (Å²) in [6.07, 6.45) is 0. The standard InChI is InChI=1S/C6H6B2S/c1-2-4-6-5(3-1)7-9-8-6/h1-4,7-8H. The lowest BCUT2D eigenvalue weighted by Crippen LogP contribution is -2.24. The highest BCUT2D eigenvalue weighted by atomic mass is 32.2. The van der Waals surface area contributed by atoms with Gasteiger partial charge >= 0.3 is 0 Å². The SMILES string of the molecule is B1SBc2ccccc21. The van der Waals surface area contributed by atoms with Gasteiger partial charge in [-0.25, -0.2) is 0 Å². The number of hydrogen-bond acceptors (Lipinski definition) is 1. The zero-order valence-corrected chi connectivity index (χ0v) is 5.95. The minimum absolute atomic E-state index is 1.22. The summed E-state index contributed by atoms with van der Waals surface area (Å²) >= 11 is 2.00. The molecule has 0 amide bonds. The molecule has 1 aliphatic heterocycles. The molecular formula is C6H6B2S. The summed E-state index contributed by atoms with van der Waals surface area (Å²) in [5, 5.41) is 0. The third kappa shape index (κ3) is 0.897. The fraction of sp³-hybridized carbons (Fsp3) is 0. The van der Waals surface area contributed by atoms with Crippen LogP contribution in [-0.2, 0) is 0 Å². The Kier molecular flexibility index (Phi) is 1.31. The van der Waals surface area contributed by atoms with Gasteiger partial charge in [0.2, 0.25) is 13.1 Å². The molecule has 1 aromatic carbocycles. The van der Waals surface area contributed by atoms with E-state index in [4.69, 9.17) is 0 Å². The minimum Gasteiger partial charge on any atom is -0.251 e. The number of rotatable bonds is 0. The summed E-state index contributed by atoms with van der Waals surface area (Å²) in [6, 6.07) is 8.67. The van der Waals surface area contributed by atoms with Crippen molar-refractivity contribution >= 4 is 35.5 Å². The summed E-state index contributed by atoms with van der Waals surface area (Å²) in [5.41, 5.74) is 3.06. The van der Waals surface area contributed by atoms with Crippen molar-refractivity contribution < 1.29 is 0 Å². The second-order valence-electron chi connectivity index (χ2n) is 2.26. The second-order valence-corrected chi connectivity index (χ2v) is 3.25. The largest absolute Gasteiger partial charge is 0.251 e. The highest BCUT2D eigenvalue weighted by Crippen LogP contribution is 1.99. The molecule has 9 heavy (non-hydrogen) atoms. The molecule has 1 heterocycles. The Labute approximate surface area is 60.3 Å². The number of hydrogen-bond donors (Lipinski definition) is 0. The summed E-state index contributed by atoms with van der Waals surface area (Å²) < 4.78 is 0. The van der Waals surface area contributed by atoms with Crippen LogP contribution in [0.15, 0.2) is 24.3 Å². The van der Waals surface area contributed by atoms with E-state index in [0.29, 0.717) is 0 Å². The van der Waals surface area contributed by atoms with Crippen LogP contribution in [0.3, 0.4) is 0 Å². The Morgan fingerprint density at radius 2 is 1.56 bits per heavy atom. The maximum atomic E-state index is 2.22. The van der Waals surface area contributed by atoms with E-state index in [-0.39, 0.29) is 0 Å². The van der Waals surface area contributed by atoms with Gasteiger partial charge in [0.05, 0.1) is 0 Å². The van der Waals surface area contributed by atoms with Crippen molar-refractivity contribution in [1.29, 1.82) is 0 Å². The Hall–Kier alpha value is -0.300. The van der Waals surface area contributed by atoms with Crippen molar-refractivity contribution in [1.82, 2.24) is 0 Å². The van der Waals surface area contributed by atoms with E-state index < -0.39 is 0 Å². The van der Waals surface area contributed by atoms with Crippen molar-refractivity contribution in [2.75, 3.05) is 0 Å².